The lowest BCUT2D eigenvalue weighted by Crippen LogP contribution is -2.51. The second-order valence-electron chi connectivity index (χ2n) is 4.99. The molecule has 1 heterocycles. The molecule has 2 rings (SSSR count). The van der Waals surface area contributed by atoms with E-state index in [1.54, 1.807) is 0 Å². The average Bonchev–Trinajstić information content (AvgIpc) is 2.32. The summed E-state index contributed by atoms with van der Waals surface area (Å²) in [5.41, 5.74) is 2.79. The van der Waals surface area contributed by atoms with Gasteiger partial charge in [-0.05, 0) is 31.9 Å². The van der Waals surface area contributed by atoms with Crippen molar-refractivity contribution in [2.24, 2.45) is 0 Å². The number of alkyl halides is 1. The van der Waals surface area contributed by atoms with Gasteiger partial charge in [0.1, 0.15) is 0 Å². The molecule has 19 heavy (non-hydrogen) atoms. The van der Waals surface area contributed by atoms with Crippen LogP contribution in [0.4, 0.5) is 5.69 Å². The van der Waals surface area contributed by atoms with Crippen molar-refractivity contribution >= 4 is 27.5 Å². The zero-order valence-corrected chi connectivity index (χ0v) is 13.0. The number of benzene rings is 1. The van der Waals surface area contributed by atoms with E-state index in [0.717, 1.165) is 16.8 Å². The van der Waals surface area contributed by atoms with E-state index in [1.165, 1.54) is 8.61 Å². The Kier molecular flexibility index (Phi) is 4.08. The van der Waals surface area contributed by atoms with E-state index in [9.17, 15) is 8.42 Å². The van der Waals surface area contributed by atoms with Gasteiger partial charge in [0.25, 0.3) is 0 Å². The summed E-state index contributed by atoms with van der Waals surface area (Å²) in [5, 5.41) is 0. The van der Waals surface area contributed by atoms with Crippen molar-refractivity contribution < 1.29 is 8.42 Å². The molecule has 1 aliphatic rings. The van der Waals surface area contributed by atoms with Gasteiger partial charge in [-0.25, -0.2) is 0 Å². The fraction of sp³-hybridized carbons (Fsp3) is 0.538. The zero-order valence-electron chi connectivity index (χ0n) is 11.4. The van der Waals surface area contributed by atoms with Crippen molar-refractivity contribution in [3.05, 3.63) is 29.3 Å². The third-order valence-corrected chi connectivity index (χ3v) is 5.57. The van der Waals surface area contributed by atoms with Crippen LogP contribution in [0.25, 0.3) is 0 Å². The summed E-state index contributed by atoms with van der Waals surface area (Å²) >= 11 is 5.78. The Morgan fingerprint density at radius 2 is 2.05 bits per heavy atom. The fourth-order valence-corrected chi connectivity index (χ4v) is 4.62. The van der Waals surface area contributed by atoms with Gasteiger partial charge in [0, 0.05) is 25.0 Å². The Labute approximate surface area is 120 Å². The smallest absolute Gasteiger partial charge is 0.256 e. The molecule has 1 aromatic carbocycles. The van der Waals surface area contributed by atoms with Gasteiger partial charge >= 0.3 is 10.2 Å². The Hall–Kier alpha value is -0.780. The summed E-state index contributed by atoms with van der Waals surface area (Å²) < 4.78 is 28.3. The summed E-state index contributed by atoms with van der Waals surface area (Å²) in [6.45, 7) is 6.43. The van der Waals surface area contributed by atoms with Crippen molar-refractivity contribution in [1.82, 2.24) is 4.31 Å². The highest BCUT2D eigenvalue weighted by molar-refractivity contribution is 7.90. The van der Waals surface area contributed by atoms with E-state index in [4.69, 9.17) is 11.6 Å². The van der Waals surface area contributed by atoms with Gasteiger partial charge in [-0.15, -0.1) is 11.6 Å². The Morgan fingerprint density at radius 1 is 1.37 bits per heavy atom. The summed E-state index contributed by atoms with van der Waals surface area (Å²) in [4.78, 5) is 0. The Balaban J connectivity index is 2.61. The van der Waals surface area contributed by atoms with Crippen LogP contribution in [0.1, 0.15) is 25.0 Å². The molecule has 0 amide bonds. The monoisotopic (exact) mass is 302 g/mol. The van der Waals surface area contributed by atoms with Gasteiger partial charge in [0.05, 0.1) is 5.69 Å². The maximum atomic E-state index is 12.7. The summed E-state index contributed by atoms with van der Waals surface area (Å²) in [6.07, 6.45) is 0. The van der Waals surface area contributed by atoms with Gasteiger partial charge in [-0.1, -0.05) is 18.2 Å². The molecule has 0 unspecified atom stereocenters. The maximum Gasteiger partial charge on any atom is 0.304 e. The van der Waals surface area contributed by atoms with E-state index in [2.05, 4.69) is 0 Å². The van der Waals surface area contributed by atoms with Gasteiger partial charge in [-0.3, -0.25) is 4.31 Å². The van der Waals surface area contributed by atoms with Gasteiger partial charge < -0.3 is 0 Å². The minimum absolute atomic E-state index is 0.0727. The second-order valence-corrected chi connectivity index (χ2v) is 7.17. The quantitative estimate of drug-likeness (QED) is 0.805. The van der Waals surface area contributed by atoms with Gasteiger partial charge in [0.15, 0.2) is 0 Å². The van der Waals surface area contributed by atoms with Crippen LogP contribution in [0.5, 0.6) is 0 Å². The first-order valence-electron chi connectivity index (χ1n) is 6.33. The van der Waals surface area contributed by atoms with Crippen LogP contribution in [-0.2, 0) is 16.8 Å². The summed E-state index contributed by atoms with van der Waals surface area (Å²) in [6, 6.07) is 5.80. The number of hydrogen-bond donors (Lipinski definition) is 0. The average molecular weight is 303 g/mol. The second kappa shape index (κ2) is 5.31. The molecule has 0 aliphatic carbocycles. The molecule has 1 aromatic rings. The Morgan fingerprint density at radius 3 is 2.63 bits per heavy atom. The number of halogens is 1. The highest BCUT2D eigenvalue weighted by atomic mass is 35.5. The van der Waals surface area contributed by atoms with E-state index in [1.807, 2.05) is 39.0 Å². The van der Waals surface area contributed by atoms with Crippen molar-refractivity contribution in [3.8, 4) is 0 Å². The fourth-order valence-electron chi connectivity index (χ4n) is 2.45. The highest BCUT2D eigenvalue weighted by Gasteiger charge is 2.38. The van der Waals surface area contributed by atoms with E-state index in [-0.39, 0.29) is 11.9 Å². The summed E-state index contributed by atoms with van der Waals surface area (Å²) in [7, 11) is -3.48. The Bertz CT molecular complexity index is 572. The van der Waals surface area contributed by atoms with E-state index in [0.29, 0.717) is 13.1 Å². The van der Waals surface area contributed by atoms with E-state index >= 15 is 0 Å². The molecule has 0 spiro atoms. The van der Waals surface area contributed by atoms with Crippen molar-refractivity contribution in [2.75, 3.05) is 16.7 Å². The summed E-state index contributed by atoms with van der Waals surface area (Å²) in [5.74, 6) is 0.277. The first-order valence-corrected chi connectivity index (χ1v) is 8.26. The standard InChI is InChI=1S/C13H19ClN2O2S/c1-10(2)16-9-12-6-4-5-11(3)13(12)15(8-7-14)19(16,17)18/h4-6,10H,7-9H2,1-3H3. The molecule has 0 fully saturated rings. The molecule has 0 saturated heterocycles. The minimum Gasteiger partial charge on any atom is -0.256 e. The first kappa shape index (κ1) is 14.6. The SMILES string of the molecule is Cc1cccc2c1N(CCCl)S(=O)(=O)N(C(C)C)C2. The predicted octanol–water partition coefficient (Wildman–Crippen LogP) is 2.51. The number of nitrogens with zero attached hydrogens (tertiary/aromatic N) is 2. The number of fused-ring (bicyclic) bond motifs is 1. The topological polar surface area (TPSA) is 40.6 Å². The molecule has 106 valence electrons. The first-order chi connectivity index (χ1) is 8.89. The lowest BCUT2D eigenvalue weighted by molar-refractivity contribution is 0.341. The molecule has 0 saturated carbocycles. The molecule has 0 aromatic heterocycles. The van der Waals surface area contributed by atoms with Crippen LogP contribution in [0.15, 0.2) is 18.2 Å². The largest absolute Gasteiger partial charge is 0.304 e. The molecule has 0 radical (unpaired) electrons. The van der Waals surface area contributed by atoms with Crippen LogP contribution in [-0.4, -0.2) is 31.2 Å². The van der Waals surface area contributed by atoms with Crippen LogP contribution in [0.2, 0.25) is 0 Å². The molecule has 4 nitrogen and oxygen atoms in total. The lowest BCUT2D eigenvalue weighted by Gasteiger charge is -2.39. The van der Waals surface area contributed by atoms with Crippen LogP contribution in [0.3, 0.4) is 0 Å². The highest BCUT2D eigenvalue weighted by Crippen LogP contribution is 2.35. The molecule has 0 N–H and O–H groups in total. The molecule has 0 atom stereocenters. The number of rotatable bonds is 3. The van der Waals surface area contributed by atoms with Gasteiger partial charge in [0.2, 0.25) is 0 Å². The number of anilines is 1. The molecule has 1 aliphatic heterocycles. The molecule has 6 heteroatoms. The number of para-hydroxylation sites is 1. The lowest BCUT2D eigenvalue weighted by atomic mass is 10.1. The zero-order chi connectivity index (χ0) is 14.2. The number of aryl methyl sites for hydroxylation is 1. The van der Waals surface area contributed by atoms with Crippen LogP contribution >= 0.6 is 11.6 Å². The minimum atomic E-state index is -3.48. The number of hydrogen-bond acceptors (Lipinski definition) is 2. The third-order valence-electron chi connectivity index (χ3n) is 3.34. The maximum absolute atomic E-state index is 12.7. The van der Waals surface area contributed by atoms with Crippen molar-refractivity contribution in [2.45, 2.75) is 33.4 Å². The van der Waals surface area contributed by atoms with Crippen molar-refractivity contribution in [1.29, 1.82) is 0 Å². The predicted molar refractivity (Wildman–Crippen MR) is 78.8 cm³/mol. The van der Waals surface area contributed by atoms with Gasteiger partial charge in [-0.2, -0.15) is 12.7 Å². The molecule has 0 bridgehead atoms. The molecular weight excluding hydrogens is 284 g/mol. The van der Waals surface area contributed by atoms with E-state index < -0.39 is 10.2 Å². The normalized spacial score (nSPS) is 18.7. The van der Waals surface area contributed by atoms with Crippen molar-refractivity contribution in [3.63, 3.8) is 0 Å². The van der Waals surface area contributed by atoms with Crippen LogP contribution < -0.4 is 4.31 Å². The molecular formula is C13H19ClN2O2S. The van der Waals surface area contributed by atoms with Crippen LogP contribution in [0, 0.1) is 6.92 Å². The third kappa shape index (κ3) is 2.47.